The Hall–Kier alpha value is 1.14. The van der Waals surface area contributed by atoms with Crippen molar-refractivity contribution in [2.45, 2.75) is 30.7 Å². The Kier molecular flexibility index (Phi) is 6.40. The Morgan fingerprint density at radius 1 is 0.923 bits per heavy atom. The van der Waals surface area contributed by atoms with E-state index in [1.807, 2.05) is 0 Å². The van der Waals surface area contributed by atoms with Gasteiger partial charge in [0.25, 0.3) is 0 Å². The summed E-state index contributed by atoms with van der Waals surface area (Å²) in [4.78, 5) is 0. The first-order valence-corrected chi connectivity index (χ1v) is 3.56. The van der Waals surface area contributed by atoms with Crippen LogP contribution in [0.4, 0.5) is 0 Å². The van der Waals surface area contributed by atoms with E-state index in [0.29, 0.717) is 0 Å². The summed E-state index contributed by atoms with van der Waals surface area (Å²) in [5.41, 5.74) is 0. The molecule has 1 heterocycles. The van der Waals surface area contributed by atoms with Crippen molar-refractivity contribution < 1.29 is 72.0 Å². The Morgan fingerprint density at radius 3 is 1.92 bits per heavy atom. The Bertz CT molecular complexity index is 151. The molecule has 13 heavy (non-hydrogen) atoms. The fraction of sp³-hybridized carbons (Fsp3) is 1.00. The maximum absolute atomic E-state index is 9.12. The normalized spacial score (nSPS) is 45.5. The topological polar surface area (TPSA) is 110 Å². The van der Waals surface area contributed by atoms with Gasteiger partial charge in [-0.25, -0.2) is 0 Å². The molecule has 0 aromatic rings. The zero-order chi connectivity index (χ0) is 9.30. The largest absolute Gasteiger partial charge is 0.394 e. The Morgan fingerprint density at radius 2 is 1.46 bits per heavy atom. The van der Waals surface area contributed by atoms with Crippen molar-refractivity contribution in [1.82, 2.24) is 0 Å². The summed E-state index contributed by atoms with van der Waals surface area (Å²) in [6.07, 6.45) is -7.04. The van der Waals surface area contributed by atoms with Crippen LogP contribution < -0.4 is 0 Å². The number of hydrogen-bond acceptors (Lipinski definition) is 6. The minimum atomic E-state index is -1.57. The van der Waals surface area contributed by atoms with E-state index < -0.39 is 37.3 Å². The summed E-state index contributed by atoms with van der Waals surface area (Å²) in [5.74, 6) is 0. The van der Waals surface area contributed by atoms with E-state index >= 15 is 0 Å². The molecule has 7 heteroatoms. The molecular weight excluding hydrogens is 308 g/mol. The van der Waals surface area contributed by atoms with Crippen LogP contribution in [0.1, 0.15) is 0 Å². The molecule has 1 rings (SSSR count). The third-order valence-electron chi connectivity index (χ3n) is 1.87. The van der Waals surface area contributed by atoms with Crippen LogP contribution in [0.25, 0.3) is 0 Å². The number of rotatable bonds is 1. The van der Waals surface area contributed by atoms with Gasteiger partial charge < -0.3 is 30.3 Å². The van der Waals surface area contributed by atoms with E-state index in [-0.39, 0.29) is 41.7 Å². The number of ether oxygens (including phenoxy) is 1. The molecule has 1 unspecified atom stereocenters. The van der Waals surface area contributed by atoms with Crippen molar-refractivity contribution in [2.24, 2.45) is 0 Å². The van der Waals surface area contributed by atoms with E-state index in [0.717, 1.165) is 0 Å². The second-order valence-corrected chi connectivity index (χ2v) is 2.72. The summed E-state index contributed by atoms with van der Waals surface area (Å²) in [6, 6.07) is 0. The summed E-state index contributed by atoms with van der Waals surface area (Å²) >= 11 is 0. The number of aliphatic hydroxyl groups is 5. The fourth-order valence-electron chi connectivity index (χ4n) is 1.08. The smallest absolute Gasteiger partial charge is 0.184 e. The quantitative estimate of drug-likeness (QED) is 0.348. The second kappa shape index (κ2) is 5.88. The van der Waals surface area contributed by atoms with Crippen LogP contribution in [0.2, 0.25) is 0 Å². The van der Waals surface area contributed by atoms with Crippen molar-refractivity contribution in [3.63, 3.8) is 0 Å². The van der Waals surface area contributed by atoms with Crippen LogP contribution >= 0.6 is 0 Å². The molecule has 0 radical (unpaired) electrons. The van der Waals surface area contributed by atoms with Crippen molar-refractivity contribution in [1.29, 1.82) is 0 Å². The van der Waals surface area contributed by atoms with Gasteiger partial charge in [-0.05, 0) is 0 Å². The molecule has 0 aliphatic carbocycles. The predicted octanol–water partition coefficient (Wildman–Crippen LogP) is -3.22. The van der Waals surface area contributed by atoms with Gasteiger partial charge in [0, 0.05) is 41.7 Å². The molecule has 0 amide bonds. The Balaban J connectivity index is 0.00000144. The van der Waals surface area contributed by atoms with Crippen molar-refractivity contribution in [3.8, 4) is 0 Å². The van der Waals surface area contributed by atoms with Gasteiger partial charge in [0.2, 0.25) is 0 Å². The van der Waals surface area contributed by atoms with Crippen LogP contribution in [0.15, 0.2) is 0 Å². The van der Waals surface area contributed by atoms with E-state index in [9.17, 15) is 0 Å². The third-order valence-corrected chi connectivity index (χ3v) is 1.87. The standard InChI is InChI=1S/C6H12O6.Ce/c7-1-2-3(8)4(9)5(10)6(11)12-2;/h2-11H,1H2;/t2-,3-,4+,5-,6?;/m1./s1. The number of aliphatic hydroxyl groups excluding tert-OH is 5. The molecule has 5 atom stereocenters. The summed E-state index contributed by atoms with van der Waals surface area (Å²) < 4.78 is 4.58. The molecule has 0 aromatic heterocycles. The van der Waals surface area contributed by atoms with Gasteiger partial charge in [-0.1, -0.05) is 0 Å². The molecule has 1 fully saturated rings. The van der Waals surface area contributed by atoms with E-state index in [1.54, 1.807) is 0 Å². The van der Waals surface area contributed by atoms with Gasteiger partial charge in [0.1, 0.15) is 24.4 Å². The first kappa shape index (κ1) is 14.1. The van der Waals surface area contributed by atoms with E-state index in [1.165, 1.54) is 0 Å². The molecule has 1 aliphatic rings. The zero-order valence-electron chi connectivity index (χ0n) is 6.74. The molecule has 6 nitrogen and oxygen atoms in total. The van der Waals surface area contributed by atoms with Crippen molar-refractivity contribution in [2.75, 3.05) is 6.61 Å². The van der Waals surface area contributed by atoms with Crippen molar-refractivity contribution >= 4 is 0 Å². The molecule has 5 N–H and O–H groups in total. The molecule has 0 saturated carbocycles. The summed E-state index contributed by atoms with van der Waals surface area (Å²) in [5, 5.41) is 44.7. The fourth-order valence-corrected chi connectivity index (χ4v) is 1.08. The van der Waals surface area contributed by atoms with Gasteiger partial charge in [-0.15, -0.1) is 0 Å². The summed E-state index contributed by atoms with van der Waals surface area (Å²) in [6.45, 7) is -0.526. The Labute approximate surface area is 109 Å². The molecule has 76 valence electrons. The minimum absolute atomic E-state index is 0. The minimum Gasteiger partial charge on any atom is -0.394 e. The van der Waals surface area contributed by atoms with Crippen LogP contribution in [0.5, 0.6) is 0 Å². The van der Waals surface area contributed by atoms with E-state index in [2.05, 4.69) is 4.74 Å². The first-order valence-electron chi connectivity index (χ1n) is 3.56. The van der Waals surface area contributed by atoms with Crippen molar-refractivity contribution in [3.05, 3.63) is 0 Å². The average Bonchev–Trinajstić information content (AvgIpc) is 2.08. The zero-order valence-corrected chi connectivity index (χ0v) is 9.88. The van der Waals surface area contributed by atoms with Crippen LogP contribution in [-0.2, 0) is 4.74 Å². The van der Waals surface area contributed by atoms with Crippen LogP contribution in [0.3, 0.4) is 0 Å². The molecule has 0 bridgehead atoms. The first-order chi connectivity index (χ1) is 5.57. The molecular formula is C6H12CeO6. The predicted molar refractivity (Wildman–Crippen MR) is 36.0 cm³/mol. The SMILES string of the molecule is OC[C@H]1OC(O)[C@H](O)[C@@H](O)[C@@H]1O.[Ce]. The van der Waals surface area contributed by atoms with Crippen LogP contribution in [-0.4, -0.2) is 62.8 Å². The molecule has 1 aliphatic heterocycles. The maximum Gasteiger partial charge on any atom is 0.184 e. The molecule has 1 saturated heterocycles. The second-order valence-electron chi connectivity index (χ2n) is 2.72. The van der Waals surface area contributed by atoms with Crippen LogP contribution in [0, 0.1) is 41.7 Å². The maximum atomic E-state index is 9.12. The van der Waals surface area contributed by atoms with E-state index in [4.69, 9.17) is 25.5 Å². The third kappa shape index (κ3) is 3.04. The monoisotopic (exact) mass is 320 g/mol. The van der Waals surface area contributed by atoms with Gasteiger partial charge in [0.15, 0.2) is 6.29 Å². The van der Waals surface area contributed by atoms with Gasteiger partial charge in [0.05, 0.1) is 6.61 Å². The van der Waals surface area contributed by atoms with Gasteiger partial charge in [-0.3, -0.25) is 0 Å². The average molecular weight is 320 g/mol. The summed E-state index contributed by atoms with van der Waals surface area (Å²) in [7, 11) is 0. The van der Waals surface area contributed by atoms with Gasteiger partial charge in [-0.2, -0.15) is 0 Å². The number of hydrogen-bond donors (Lipinski definition) is 5. The van der Waals surface area contributed by atoms with Gasteiger partial charge >= 0.3 is 0 Å². The molecule has 0 aromatic carbocycles. The molecule has 0 spiro atoms.